The first-order chi connectivity index (χ1) is 7.99. The van der Waals surface area contributed by atoms with Gasteiger partial charge in [-0.05, 0) is 6.07 Å². The van der Waals surface area contributed by atoms with Gasteiger partial charge in [-0.2, -0.15) is 0 Å². The second-order valence-electron chi connectivity index (χ2n) is 2.81. The van der Waals surface area contributed by atoms with Gasteiger partial charge in [-0.25, -0.2) is 13.6 Å². The lowest BCUT2D eigenvalue weighted by Crippen LogP contribution is -2.15. The molecule has 0 aliphatic rings. The van der Waals surface area contributed by atoms with Gasteiger partial charge in [0.2, 0.25) is 0 Å². The minimum Gasteiger partial charge on any atom is -0.428 e. The molecule has 8 heteroatoms. The van der Waals surface area contributed by atoms with E-state index >= 15 is 0 Å². The number of hydrogen-bond donors (Lipinski definition) is 0. The highest BCUT2D eigenvalue weighted by Crippen LogP contribution is 2.19. The molecule has 92 valence electrons. The average molecular weight is 247 g/mol. The van der Waals surface area contributed by atoms with Gasteiger partial charge in [0, 0.05) is 6.07 Å². The highest BCUT2D eigenvalue weighted by Gasteiger charge is 2.12. The fraction of sp³-hybridized carbons (Fsp3) is 0.222. The largest absolute Gasteiger partial charge is 0.514 e. The second-order valence-corrected chi connectivity index (χ2v) is 2.81. The van der Waals surface area contributed by atoms with Crippen LogP contribution in [0.3, 0.4) is 0 Å². The number of carbonyl (C=O) groups excluding carboxylic acids is 1. The van der Waals surface area contributed by atoms with Gasteiger partial charge in [-0.15, -0.1) is 0 Å². The number of nitro groups is 1. The summed E-state index contributed by atoms with van der Waals surface area (Å²) in [6, 6.07) is 4.71. The van der Waals surface area contributed by atoms with Crippen LogP contribution in [0, 0.1) is 10.1 Å². The zero-order chi connectivity index (χ0) is 12.8. The normalized spacial score (nSPS) is 10.1. The Hall–Kier alpha value is -2.25. The fourth-order valence-electron chi connectivity index (χ4n) is 0.917. The van der Waals surface area contributed by atoms with Crippen LogP contribution in [0.15, 0.2) is 24.3 Å². The average Bonchev–Trinajstić information content (AvgIpc) is 2.26. The molecule has 0 bridgehead atoms. The molecule has 1 aromatic carbocycles. The number of non-ortho nitro benzene ring substituents is 1. The van der Waals surface area contributed by atoms with E-state index in [9.17, 15) is 23.7 Å². The Bertz CT molecular complexity index is 424. The van der Waals surface area contributed by atoms with E-state index in [0.717, 1.165) is 6.07 Å². The van der Waals surface area contributed by atoms with Crippen LogP contribution < -0.4 is 4.74 Å². The molecule has 0 unspecified atom stereocenters. The molecule has 0 aliphatic heterocycles. The smallest absolute Gasteiger partial charge is 0.428 e. The van der Waals surface area contributed by atoms with E-state index in [1.165, 1.54) is 18.2 Å². The van der Waals surface area contributed by atoms with Gasteiger partial charge < -0.3 is 9.47 Å². The van der Waals surface area contributed by atoms with Gasteiger partial charge in [-0.1, -0.05) is 6.07 Å². The molecule has 6 nitrogen and oxygen atoms in total. The molecule has 0 aromatic heterocycles. The third-order valence-corrected chi connectivity index (χ3v) is 1.56. The van der Waals surface area contributed by atoms with E-state index in [0.29, 0.717) is 0 Å². The summed E-state index contributed by atoms with van der Waals surface area (Å²) in [6.45, 7) is -1.09. The Morgan fingerprint density at radius 2 is 2.18 bits per heavy atom. The van der Waals surface area contributed by atoms with Gasteiger partial charge in [0.05, 0.1) is 11.0 Å². The van der Waals surface area contributed by atoms with E-state index in [4.69, 9.17) is 0 Å². The molecule has 0 N–H and O–H groups in total. The van der Waals surface area contributed by atoms with Crippen molar-refractivity contribution in [3.05, 3.63) is 34.4 Å². The molecule has 0 atom stereocenters. The van der Waals surface area contributed by atoms with Crippen molar-refractivity contribution in [3.63, 3.8) is 0 Å². The molecule has 0 heterocycles. The van der Waals surface area contributed by atoms with Gasteiger partial charge in [0.1, 0.15) is 5.75 Å². The third kappa shape index (κ3) is 4.41. The van der Waals surface area contributed by atoms with Crippen molar-refractivity contribution in [1.82, 2.24) is 0 Å². The number of ether oxygens (including phenoxy) is 2. The van der Waals surface area contributed by atoms with Crippen LogP contribution in [0.2, 0.25) is 0 Å². The monoisotopic (exact) mass is 247 g/mol. The number of nitrogens with zero attached hydrogens (tertiary/aromatic N) is 1. The Morgan fingerprint density at radius 1 is 1.47 bits per heavy atom. The van der Waals surface area contributed by atoms with Gasteiger partial charge in [0.15, 0.2) is 6.61 Å². The van der Waals surface area contributed by atoms with E-state index in [2.05, 4.69) is 9.47 Å². The Morgan fingerprint density at radius 3 is 2.76 bits per heavy atom. The number of carbonyl (C=O) groups is 1. The van der Waals surface area contributed by atoms with Crippen molar-refractivity contribution < 1.29 is 28.0 Å². The minimum absolute atomic E-state index is 0.154. The molecule has 0 spiro atoms. The molecule has 0 radical (unpaired) electrons. The number of benzene rings is 1. The number of hydrogen-bond acceptors (Lipinski definition) is 5. The van der Waals surface area contributed by atoms with Crippen LogP contribution in [0.25, 0.3) is 0 Å². The minimum atomic E-state index is -2.80. The van der Waals surface area contributed by atoms with Gasteiger partial charge in [0.25, 0.3) is 12.1 Å². The first kappa shape index (κ1) is 12.8. The van der Waals surface area contributed by atoms with Crippen LogP contribution in [-0.2, 0) is 4.74 Å². The second kappa shape index (κ2) is 5.73. The Labute approximate surface area is 93.9 Å². The fourth-order valence-corrected chi connectivity index (χ4v) is 0.917. The van der Waals surface area contributed by atoms with E-state index in [-0.39, 0.29) is 11.4 Å². The van der Waals surface area contributed by atoms with Gasteiger partial charge in [-0.3, -0.25) is 10.1 Å². The van der Waals surface area contributed by atoms with Crippen molar-refractivity contribution in [1.29, 1.82) is 0 Å². The summed E-state index contributed by atoms with van der Waals surface area (Å²) in [6.07, 6.45) is -4.14. The molecule has 0 fully saturated rings. The molecule has 1 rings (SSSR count). The number of halogens is 2. The summed E-state index contributed by atoms with van der Waals surface area (Å²) in [4.78, 5) is 20.6. The maximum Gasteiger partial charge on any atom is 0.514 e. The van der Waals surface area contributed by atoms with E-state index in [1.54, 1.807) is 0 Å². The SMILES string of the molecule is O=C(OCC(F)F)Oc1cccc([N+](=O)[O-])c1. The zero-order valence-electron chi connectivity index (χ0n) is 8.34. The third-order valence-electron chi connectivity index (χ3n) is 1.56. The molecule has 0 aliphatic carbocycles. The van der Waals surface area contributed by atoms with E-state index in [1.807, 2.05) is 0 Å². The van der Waals surface area contributed by atoms with Crippen molar-refractivity contribution in [2.24, 2.45) is 0 Å². The number of nitro benzene ring substituents is 1. The van der Waals surface area contributed by atoms with Crippen LogP contribution in [0.5, 0.6) is 5.75 Å². The molecule has 1 aromatic rings. The maximum absolute atomic E-state index is 11.7. The molecule has 0 amide bonds. The first-order valence-electron chi connectivity index (χ1n) is 4.36. The van der Waals surface area contributed by atoms with Crippen molar-refractivity contribution in [2.45, 2.75) is 6.43 Å². The lowest BCUT2D eigenvalue weighted by atomic mass is 10.3. The van der Waals surface area contributed by atoms with Gasteiger partial charge >= 0.3 is 6.16 Å². The maximum atomic E-state index is 11.7. The van der Waals surface area contributed by atoms with Crippen molar-refractivity contribution in [3.8, 4) is 5.75 Å². The Kier molecular flexibility index (Phi) is 4.32. The lowest BCUT2D eigenvalue weighted by Gasteiger charge is -2.04. The highest BCUT2D eigenvalue weighted by molar-refractivity contribution is 5.64. The zero-order valence-corrected chi connectivity index (χ0v) is 8.34. The number of rotatable bonds is 4. The summed E-state index contributed by atoms with van der Waals surface area (Å²) in [5.41, 5.74) is -0.288. The number of alkyl halides is 2. The van der Waals surface area contributed by atoms with E-state index < -0.39 is 24.1 Å². The lowest BCUT2D eigenvalue weighted by molar-refractivity contribution is -0.384. The Balaban J connectivity index is 2.59. The van der Waals surface area contributed by atoms with Crippen LogP contribution in [-0.4, -0.2) is 24.1 Å². The predicted octanol–water partition coefficient (Wildman–Crippen LogP) is 2.38. The summed E-state index contributed by atoms with van der Waals surface area (Å²) in [5, 5.41) is 10.4. The topological polar surface area (TPSA) is 78.7 Å². The first-order valence-corrected chi connectivity index (χ1v) is 4.36. The van der Waals surface area contributed by atoms with Crippen molar-refractivity contribution in [2.75, 3.05) is 6.61 Å². The molecule has 17 heavy (non-hydrogen) atoms. The summed E-state index contributed by atoms with van der Waals surface area (Å²) in [7, 11) is 0. The van der Waals surface area contributed by atoms with Crippen molar-refractivity contribution >= 4 is 11.8 Å². The molecular weight excluding hydrogens is 240 g/mol. The quantitative estimate of drug-likeness (QED) is 0.353. The summed E-state index contributed by atoms with van der Waals surface area (Å²) >= 11 is 0. The highest BCUT2D eigenvalue weighted by atomic mass is 19.3. The molecular formula is C9H7F2NO5. The summed E-state index contributed by atoms with van der Waals surface area (Å²) < 4.78 is 31.8. The van der Waals surface area contributed by atoms with Crippen LogP contribution in [0.4, 0.5) is 19.3 Å². The molecule has 0 saturated heterocycles. The predicted molar refractivity (Wildman–Crippen MR) is 51.1 cm³/mol. The van der Waals surface area contributed by atoms with Crippen LogP contribution in [0.1, 0.15) is 0 Å². The van der Waals surface area contributed by atoms with Crippen LogP contribution >= 0.6 is 0 Å². The molecule has 0 saturated carbocycles. The standard InChI is InChI=1S/C9H7F2NO5/c10-8(11)5-16-9(13)17-7-3-1-2-6(4-7)12(14)15/h1-4,8H,5H2. The summed E-state index contributed by atoms with van der Waals surface area (Å²) in [5.74, 6) is -0.154.